The number of rotatable bonds is 7. The van der Waals surface area contributed by atoms with Crippen LogP contribution in [0.5, 0.6) is 5.75 Å². The molecule has 0 saturated carbocycles. The third kappa shape index (κ3) is 4.90. The van der Waals surface area contributed by atoms with E-state index in [1.165, 1.54) is 56.8 Å². The van der Waals surface area contributed by atoms with Crippen LogP contribution in [-0.2, 0) is 26.1 Å². The second-order valence-corrected chi connectivity index (χ2v) is 10.00. The molecule has 32 heavy (non-hydrogen) atoms. The van der Waals surface area contributed by atoms with Crippen molar-refractivity contribution in [1.29, 1.82) is 0 Å². The van der Waals surface area contributed by atoms with Crippen LogP contribution in [-0.4, -0.2) is 57.0 Å². The van der Waals surface area contributed by atoms with E-state index in [-0.39, 0.29) is 17.0 Å². The molecule has 11 heteroatoms. The average Bonchev–Trinajstić information content (AvgIpc) is 3.09. The number of esters is 1. The smallest absolute Gasteiger partial charge is 0.325 e. The van der Waals surface area contributed by atoms with Crippen LogP contribution in [0.2, 0.25) is 0 Å². The van der Waals surface area contributed by atoms with Crippen molar-refractivity contribution in [2.75, 3.05) is 27.8 Å². The van der Waals surface area contributed by atoms with Gasteiger partial charge in [0, 0.05) is 19.7 Å². The largest absolute Gasteiger partial charge is 0.494 e. The number of ether oxygens (including phenoxy) is 2. The Labute approximate surface area is 189 Å². The van der Waals surface area contributed by atoms with Gasteiger partial charge in [0.05, 0.1) is 28.8 Å². The van der Waals surface area contributed by atoms with E-state index in [1.54, 1.807) is 16.7 Å². The number of sulfonamides is 1. The first-order chi connectivity index (χ1) is 15.2. The van der Waals surface area contributed by atoms with Crippen molar-refractivity contribution < 1.29 is 27.5 Å². The second-order valence-electron chi connectivity index (χ2n) is 6.84. The van der Waals surface area contributed by atoms with E-state index in [0.717, 1.165) is 9.01 Å². The van der Waals surface area contributed by atoms with Crippen molar-refractivity contribution in [2.45, 2.75) is 18.4 Å². The van der Waals surface area contributed by atoms with Crippen LogP contribution in [0, 0.1) is 0 Å². The SMILES string of the molecule is CCOc1ccc2c(c1)sc(=NC(=O)c1ccc(S(=O)(=O)N(C)C)cc1)n2CC(=O)OC. The topological polar surface area (TPSA) is 107 Å². The van der Waals surface area contributed by atoms with Crippen LogP contribution in [0.25, 0.3) is 10.2 Å². The highest BCUT2D eigenvalue weighted by Gasteiger charge is 2.18. The van der Waals surface area contributed by atoms with Gasteiger partial charge in [0.2, 0.25) is 10.0 Å². The van der Waals surface area contributed by atoms with E-state index in [4.69, 9.17) is 9.47 Å². The van der Waals surface area contributed by atoms with Crippen molar-refractivity contribution in [2.24, 2.45) is 4.99 Å². The minimum atomic E-state index is -3.60. The first-order valence-electron chi connectivity index (χ1n) is 9.62. The standard InChI is InChI=1S/C21H23N3O6S2/c1-5-30-15-8-11-17-18(12-15)31-21(24(17)13-19(25)29-4)22-20(26)14-6-9-16(10-7-14)32(27,28)23(2)3/h6-12H,5,13H2,1-4H3. The molecule has 1 amide bonds. The summed E-state index contributed by atoms with van der Waals surface area (Å²) in [5.41, 5.74) is 0.933. The van der Waals surface area contributed by atoms with Crippen LogP contribution < -0.4 is 9.54 Å². The van der Waals surface area contributed by atoms with E-state index in [1.807, 2.05) is 13.0 Å². The quantitative estimate of drug-likeness (QED) is 0.483. The molecule has 2 aromatic carbocycles. The zero-order chi connectivity index (χ0) is 23.5. The highest BCUT2D eigenvalue weighted by Crippen LogP contribution is 2.24. The molecule has 0 aliphatic rings. The van der Waals surface area contributed by atoms with Crippen molar-refractivity contribution >= 4 is 43.5 Å². The van der Waals surface area contributed by atoms with Crippen molar-refractivity contribution in [1.82, 2.24) is 8.87 Å². The summed E-state index contributed by atoms with van der Waals surface area (Å²) in [6.07, 6.45) is 0. The molecule has 0 fully saturated rings. The maximum atomic E-state index is 12.8. The molecule has 0 bridgehead atoms. The monoisotopic (exact) mass is 477 g/mol. The Hall–Kier alpha value is -3.02. The molecule has 170 valence electrons. The Morgan fingerprint density at radius 2 is 1.81 bits per heavy atom. The fourth-order valence-electron chi connectivity index (χ4n) is 2.87. The fraction of sp³-hybridized carbons (Fsp3) is 0.286. The maximum absolute atomic E-state index is 12.8. The molecule has 0 atom stereocenters. The molecule has 9 nitrogen and oxygen atoms in total. The third-order valence-electron chi connectivity index (χ3n) is 4.56. The van der Waals surface area contributed by atoms with Gasteiger partial charge < -0.3 is 14.0 Å². The highest BCUT2D eigenvalue weighted by atomic mass is 32.2. The van der Waals surface area contributed by atoms with Crippen molar-refractivity contribution in [3.63, 3.8) is 0 Å². The Bertz CT molecular complexity index is 1320. The Kier molecular flexibility index (Phi) is 7.12. The number of amides is 1. The van der Waals surface area contributed by atoms with Gasteiger partial charge in [-0.2, -0.15) is 4.99 Å². The number of aromatic nitrogens is 1. The number of fused-ring (bicyclic) bond motifs is 1. The molecule has 3 aromatic rings. The molecule has 0 N–H and O–H groups in total. The number of methoxy groups -OCH3 is 1. The lowest BCUT2D eigenvalue weighted by atomic mass is 10.2. The van der Waals surface area contributed by atoms with Crippen LogP contribution >= 0.6 is 11.3 Å². The molecule has 0 radical (unpaired) electrons. The molecular weight excluding hydrogens is 454 g/mol. The summed E-state index contributed by atoms with van der Waals surface area (Å²) in [5.74, 6) is -0.373. The van der Waals surface area contributed by atoms with E-state index >= 15 is 0 Å². The fourth-order valence-corrected chi connectivity index (χ4v) is 4.83. The predicted molar refractivity (Wildman–Crippen MR) is 120 cm³/mol. The Morgan fingerprint density at radius 3 is 2.41 bits per heavy atom. The Balaban J connectivity index is 2.04. The van der Waals surface area contributed by atoms with Gasteiger partial charge in [0.1, 0.15) is 12.3 Å². The summed E-state index contributed by atoms with van der Waals surface area (Å²) < 4.78 is 38.2. The molecular formula is C21H23N3O6S2. The van der Waals surface area contributed by atoms with E-state index < -0.39 is 21.9 Å². The summed E-state index contributed by atoms with van der Waals surface area (Å²) in [7, 11) is 0.552. The summed E-state index contributed by atoms with van der Waals surface area (Å²) >= 11 is 1.24. The number of thiazole rings is 1. The van der Waals surface area contributed by atoms with Gasteiger partial charge in [-0.3, -0.25) is 9.59 Å². The average molecular weight is 478 g/mol. The lowest BCUT2D eigenvalue weighted by Crippen LogP contribution is -2.23. The lowest BCUT2D eigenvalue weighted by Gasteiger charge is -2.11. The number of benzene rings is 2. The van der Waals surface area contributed by atoms with Crippen molar-refractivity contribution in [3.05, 3.63) is 52.8 Å². The zero-order valence-electron chi connectivity index (χ0n) is 18.1. The summed E-state index contributed by atoms with van der Waals surface area (Å²) in [6.45, 7) is 2.27. The van der Waals surface area contributed by atoms with E-state index in [2.05, 4.69) is 4.99 Å². The molecule has 0 aliphatic carbocycles. The highest BCUT2D eigenvalue weighted by molar-refractivity contribution is 7.89. The number of hydrogen-bond donors (Lipinski definition) is 0. The zero-order valence-corrected chi connectivity index (χ0v) is 19.7. The van der Waals surface area contributed by atoms with Gasteiger partial charge in [0.15, 0.2) is 4.80 Å². The van der Waals surface area contributed by atoms with Gasteiger partial charge in [-0.15, -0.1) is 0 Å². The number of carbonyl (C=O) groups excluding carboxylic acids is 2. The Morgan fingerprint density at radius 1 is 1.12 bits per heavy atom. The minimum Gasteiger partial charge on any atom is -0.494 e. The first-order valence-corrected chi connectivity index (χ1v) is 11.9. The summed E-state index contributed by atoms with van der Waals surface area (Å²) in [5, 5.41) is 0. The summed E-state index contributed by atoms with van der Waals surface area (Å²) in [6, 6.07) is 10.9. The predicted octanol–water partition coefficient (Wildman–Crippen LogP) is 2.27. The maximum Gasteiger partial charge on any atom is 0.325 e. The lowest BCUT2D eigenvalue weighted by molar-refractivity contribution is -0.141. The molecule has 1 aromatic heterocycles. The normalized spacial score (nSPS) is 12.3. The van der Waals surface area contributed by atoms with Gasteiger partial charge in [0.25, 0.3) is 5.91 Å². The molecule has 0 unspecified atom stereocenters. The molecule has 0 saturated heterocycles. The number of hydrogen-bond acceptors (Lipinski definition) is 7. The van der Waals surface area contributed by atoms with E-state index in [9.17, 15) is 18.0 Å². The van der Waals surface area contributed by atoms with Crippen LogP contribution in [0.1, 0.15) is 17.3 Å². The van der Waals surface area contributed by atoms with Crippen molar-refractivity contribution in [3.8, 4) is 5.75 Å². The molecule has 3 rings (SSSR count). The first kappa shape index (κ1) is 23.6. The number of nitrogens with zero attached hydrogens (tertiary/aromatic N) is 3. The second kappa shape index (κ2) is 9.63. The van der Waals surface area contributed by atoms with Crippen LogP contribution in [0.4, 0.5) is 0 Å². The van der Waals surface area contributed by atoms with E-state index in [0.29, 0.717) is 22.7 Å². The molecule has 0 aliphatic heterocycles. The van der Waals surface area contributed by atoms with Gasteiger partial charge in [-0.05, 0) is 49.4 Å². The molecule has 1 heterocycles. The number of carbonyl (C=O) groups is 2. The minimum absolute atomic E-state index is 0.0742. The van der Waals surface area contributed by atoms with Gasteiger partial charge >= 0.3 is 5.97 Å². The molecule has 0 spiro atoms. The summed E-state index contributed by atoms with van der Waals surface area (Å²) in [4.78, 5) is 29.3. The van der Waals surface area contributed by atoms with Gasteiger partial charge in [-0.1, -0.05) is 11.3 Å². The third-order valence-corrected chi connectivity index (χ3v) is 7.43. The van der Waals surface area contributed by atoms with Crippen LogP contribution in [0.3, 0.4) is 0 Å². The van der Waals surface area contributed by atoms with Gasteiger partial charge in [-0.25, -0.2) is 12.7 Å². The van der Waals surface area contributed by atoms with Crippen LogP contribution in [0.15, 0.2) is 52.4 Å².